The molecule has 55 heavy (non-hydrogen) atoms. The zero-order valence-corrected chi connectivity index (χ0v) is 29.7. The number of benzene rings is 3. The lowest BCUT2D eigenvalue weighted by molar-refractivity contribution is -0.138. The highest BCUT2D eigenvalue weighted by atomic mass is 19.4. The van der Waals surface area contributed by atoms with Gasteiger partial charge in [-0.2, -0.15) is 18.4 Å². The summed E-state index contributed by atoms with van der Waals surface area (Å²) in [5.74, 6) is -3.68. The topological polar surface area (TPSA) is 170 Å². The number of piperidine rings is 1. The summed E-state index contributed by atoms with van der Waals surface area (Å²) < 4.78 is 67.0. The maximum atomic E-state index is 15.2. The summed E-state index contributed by atoms with van der Waals surface area (Å²) in [5.41, 5.74) is -1.18. The number of nitrogens with zero attached hydrogens (tertiary/aromatic N) is 3. The number of rotatable bonds is 13. The highest BCUT2D eigenvalue weighted by Gasteiger charge is 2.49. The summed E-state index contributed by atoms with van der Waals surface area (Å²) in [6.45, 7) is 4.56. The number of imide groups is 2. The largest absolute Gasteiger partial charge is 0.480 e. The second-order valence-corrected chi connectivity index (χ2v) is 13.9. The second-order valence-electron chi connectivity index (χ2n) is 13.9. The van der Waals surface area contributed by atoms with E-state index in [4.69, 9.17) is 14.7 Å². The van der Waals surface area contributed by atoms with Gasteiger partial charge in [-0.25, -0.2) is 4.39 Å². The van der Waals surface area contributed by atoms with Crippen molar-refractivity contribution in [2.24, 2.45) is 5.41 Å². The van der Waals surface area contributed by atoms with Crippen LogP contribution in [-0.4, -0.2) is 84.3 Å². The van der Waals surface area contributed by atoms with Crippen LogP contribution in [0.4, 0.5) is 28.9 Å². The van der Waals surface area contributed by atoms with Gasteiger partial charge in [0, 0.05) is 55.0 Å². The first kappa shape index (κ1) is 38.7. The Hall–Kier alpha value is -6.02. The molecular formula is C38H36F4N6O7. The maximum Gasteiger partial charge on any atom is 0.417 e. The molecule has 0 bridgehead atoms. The zero-order valence-electron chi connectivity index (χ0n) is 29.7. The minimum absolute atomic E-state index is 0.0187. The monoisotopic (exact) mass is 764 g/mol. The molecule has 2 atom stereocenters. The summed E-state index contributed by atoms with van der Waals surface area (Å²) in [5, 5.41) is 17.4. The fourth-order valence-electron chi connectivity index (χ4n) is 6.84. The standard InChI is InChI=1S/C38H36F4N6O7/c1-37(2)20-47(36(53)32(37)55-24-9-7-21(18-43)26(17-24)38(40,41)42)19-22-6-8-23(16-27(22)39)44-12-14-54-15-13-45-28-5-3-4-25-31(28)35(52)48(34(25)51)29-10-11-30(49)46-33(29)50/h3-9,16-17,29,32,44-45H,10-15,19-20H2,1-2H3,(H,46,49,50). The number of hydrogen-bond donors (Lipinski definition) is 3. The number of fused-ring (bicyclic) bond motifs is 1. The van der Waals surface area contributed by atoms with Crippen LogP contribution in [0.15, 0.2) is 54.6 Å². The molecule has 3 N–H and O–H groups in total. The molecule has 288 valence electrons. The minimum Gasteiger partial charge on any atom is -0.480 e. The third-order valence-electron chi connectivity index (χ3n) is 9.53. The van der Waals surface area contributed by atoms with Gasteiger partial charge in [-0.1, -0.05) is 26.0 Å². The number of nitriles is 1. The van der Waals surface area contributed by atoms with Crippen molar-refractivity contribution < 1.29 is 51.0 Å². The molecule has 2 fully saturated rings. The van der Waals surface area contributed by atoms with Gasteiger partial charge in [0.1, 0.15) is 17.6 Å². The van der Waals surface area contributed by atoms with Crippen LogP contribution in [0.2, 0.25) is 0 Å². The maximum absolute atomic E-state index is 15.2. The smallest absolute Gasteiger partial charge is 0.417 e. The van der Waals surface area contributed by atoms with Crippen LogP contribution in [-0.2, 0) is 31.8 Å². The average Bonchev–Trinajstić information content (AvgIpc) is 3.51. The van der Waals surface area contributed by atoms with Crippen molar-refractivity contribution in [3.8, 4) is 11.8 Å². The Kier molecular flexibility index (Phi) is 10.8. The molecule has 0 aliphatic carbocycles. The fourth-order valence-corrected chi connectivity index (χ4v) is 6.84. The van der Waals surface area contributed by atoms with E-state index < -0.39 is 70.2 Å². The molecule has 2 unspecified atom stereocenters. The van der Waals surface area contributed by atoms with Crippen molar-refractivity contribution in [2.45, 2.75) is 51.6 Å². The quantitative estimate of drug-likeness (QED) is 0.128. The van der Waals surface area contributed by atoms with E-state index in [9.17, 15) is 37.1 Å². The third kappa shape index (κ3) is 8.09. The molecule has 3 aliphatic rings. The molecule has 5 amide bonds. The van der Waals surface area contributed by atoms with Crippen molar-refractivity contribution in [2.75, 3.05) is 43.5 Å². The number of likely N-dealkylation sites (tertiary alicyclic amines) is 1. The van der Waals surface area contributed by atoms with Gasteiger partial charge in [0.25, 0.3) is 17.7 Å². The highest BCUT2D eigenvalue weighted by molar-refractivity contribution is 6.25. The van der Waals surface area contributed by atoms with E-state index in [0.717, 1.165) is 11.0 Å². The first-order valence-corrected chi connectivity index (χ1v) is 17.3. The van der Waals surface area contributed by atoms with Crippen molar-refractivity contribution in [1.29, 1.82) is 5.26 Å². The van der Waals surface area contributed by atoms with Gasteiger partial charge < -0.3 is 25.0 Å². The number of anilines is 2. The van der Waals surface area contributed by atoms with Crippen LogP contribution in [0.1, 0.15) is 64.1 Å². The lowest BCUT2D eigenvalue weighted by Gasteiger charge is -2.27. The number of amides is 5. The molecule has 3 aliphatic heterocycles. The van der Waals surface area contributed by atoms with Crippen LogP contribution in [0.25, 0.3) is 0 Å². The summed E-state index contributed by atoms with van der Waals surface area (Å²) in [6.07, 6.45) is -5.86. The summed E-state index contributed by atoms with van der Waals surface area (Å²) in [7, 11) is 0. The SMILES string of the molecule is CC1(C)CN(Cc2ccc(NCCOCCNc3cccc4c3C(=O)N(C3CCC(=O)NC3=O)C4=O)cc2F)C(=O)C1Oc1ccc(C#N)c(C(F)(F)F)c1. The molecule has 0 saturated carbocycles. The number of halogens is 4. The molecule has 0 radical (unpaired) electrons. The lowest BCUT2D eigenvalue weighted by Crippen LogP contribution is -2.54. The summed E-state index contributed by atoms with van der Waals surface area (Å²) >= 11 is 0. The number of carbonyl (C=O) groups is 5. The Morgan fingerprint density at radius 1 is 0.982 bits per heavy atom. The normalized spacial score (nSPS) is 19.3. The lowest BCUT2D eigenvalue weighted by atomic mass is 9.89. The number of nitrogens with one attached hydrogen (secondary N) is 3. The highest BCUT2D eigenvalue weighted by Crippen LogP contribution is 2.38. The fraction of sp³-hybridized carbons (Fsp3) is 0.368. The van der Waals surface area contributed by atoms with Crippen LogP contribution < -0.4 is 20.7 Å². The van der Waals surface area contributed by atoms with E-state index in [2.05, 4.69) is 16.0 Å². The van der Waals surface area contributed by atoms with Gasteiger partial charge in [0.2, 0.25) is 11.8 Å². The molecule has 3 aromatic rings. The Morgan fingerprint density at radius 2 is 1.73 bits per heavy atom. The van der Waals surface area contributed by atoms with E-state index in [1.165, 1.54) is 35.2 Å². The molecule has 3 heterocycles. The van der Waals surface area contributed by atoms with Crippen molar-refractivity contribution >= 4 is 40.9 Å². The van der Waals surface area contributed by atoms with Crippen LogP contribution in [0.3, 0.4) is 0 Å². The zero-order chi connectivity index (χ0) is 39.7. The van der Waals surface area contributed by atoms with Crippen LogP contribution >= 0.6 is 0 Å². The van der Waals surface area contributed by atoms with Gasteiger partial charge >= 0.3 is 6.18 Å². The number of ether oxygens (including phenoxy) is 2. The number of hydrogen-bond acceptors (Lipinski definition) is 10. The Balaban J connectivity index is 0.960. The first-order chi connectivity index (χ1) is 26.1. The van der Waals surface area contributed by atoms with Crippen molar-refractivity contribution in [3.05, 3.63) is 88.2 Å². The van der Waals surface area contributed by atoms with E-state index in [1.807, 2.05) is 0 Å². The Bertz CT molecular complexity index is 2100. The summed E-state index contributed by atoms with van der Waals surface area (Å²) in [4.78, 5) is 65.8. The molecule has 0 aromatic heterocycles. The van der Waals surface area contributed by atoms with Gasteiger partial charge in [-0.3, -0.25) is 34.2 Å². The van der Waals surface area contributed by atoms with Gasteiger partial charge in [-0.05, 0) is 48.9 Å². The predicted octanol–water partition coefficient (Wildman–Crippen LogP) is 4.47. The van der Waals surface area contributed by atoms with Crippen LogP contribution in [0.5, 0.6) is 5.75 Å². The Morgan fingerprint density at radius 3 is 2.42 bits per heavy atom. The molecule has 2 saturated heterocycles. The second kappa shape index (κ2) is 15.4. The van der Waals surface area contributed by atoms with Crippen molar-refractivity contribution in [3.63, 3.8) is 0 Å². The van der Waals surface area contributed by atoms with Crippen molar-refractivity contribution in [1.82, 2.24) is 15.1 Å². The molecule has 0 spiro atoms. The Labute approximate surface area is 312 Å². The number of alkyl halides is 3. The van der Waals surface area contributed by atoms with E-state index in [1.54, 1.807) is 32.0 Å². The molecule has 3 aromatic carbocycles. The molecule has 17 heteroatoms. The van der Waals surface area contributed by atoms with E-state index >= 15 is 4.39 Å². The molecular weight excluding hydrogens is 728 g/mol. The molecule has 6 rings (SSSR count). The van der Waals surface area contributed by atoms with Gasteiger partial charge in [0.05, 0.1) is 41.5 Å². The van der Waals surface area contributed by atoms with E-state index in [-0.39, 0.29) is 68.1 Å². The van der Waals surface area contributed by atoms with E-state index in [0.29, 0.717) is 24.0 Å². The van der Waals surface area contributed by atoms with Crippen LogP contribution in [0, 0.1) is 22.6 Å². The van der Waals surface area contributed by atoms with Gasteiger partial charge in [-0.15, -0.1) is 0 Å². The van der Waals surface area contributed by atoms with Gasteiger partial charge in [0.15, 0.2) is 6.10 Å². The minimum atomic E-state index is -4.79. The third-order valence-corrected chi connectivity index (χ3v) is 9.53. The average molecular weight is 765 g/mol. The molecule has 13 nitrogen and oxygen atoms in total. The summed E-state index contributed by atoms with van der Waals surface area (Å²) in [6, 6.07) is 12.5. The number of carbonyl (C=O) groups excluding carboxylic acids is 5. The predicted molar refractivity (Wildman–Crippen MR) is 187 cm³/mol. The first-order valence-electron chi connectivity index (χ1n) is 17.3.